The molecule has 0 unspecified atom stereocenters. The molecule has 0 aliphatic carbocycles. The molecule has 0 fully saturated rings. The first-order chi connectivity index (χ1) is 12.4. The second-order valence-corrected chi connectivity index (χ2v) is 6.18. The summed E-state index contributed by atoms with van der Waals surface area (Å²) in [6.45, 7) is 11.1. The summed E-state index contributed by atoms with van der Waals surface area (Å²) in [5.74, 6) is 0. The predicted octanol–water partition coefficient (Wildman–Crippen LogP) is 4.23. The van der Waals surface area contributed by atoms with Gasteiger partial charge in [-0.15, -0.1) is 0 Å². The second-order valence-electron chi connectivity index (χ2n) is 6.18. The maximum absolute atomic E-state index is 5.56. The van der Waals surface area contributed by atoms with Gasteiger partial charge in [-0.1, -0.05) is 52.4 Å². The van der Waals surface area contributed by atoms with Gasteiger partial charge in [0.05, 0.1) is 52.9 Å². The Morgan fingerprint density at radius 3 is 1.12 bits per heavy atom. The molecule has 25 heavy (non-hydrogen) atoms. The molecule has 0 aliphatic rings. The van der Waals surface area contributed by atoms with Crippen molar-refractivity contribution in [2.45, 2.75) is 65.2 Å². The molecular formula is C20H42O5. The molecule has 0 saturated heterocycles. The molecule has 0 aromatic rings. The van der Waals surface area contributed by atoms with Crippen molar-refractivity contribution in [1.29, 1.82) is 0 Å². The van der Waals surface area contributed by atoms with Crippen LogP contribution in [0.1, 0.15) is 65.2 Å². The summed E-state index contributed by atoms with van der Waals surface area (Å²) in [4.78, 5) is 0. The van der Waals surface area contributed by atoms with E-state index in [1.54, 1.807) is 0 Å². The lowest BCUT2D eigenvalue weighted by Crippen LogP contribution is -2.13. The van der Waals surface area contributed by atoms with Crippen LogP contribution in [0.25, 0.3) is 0 Å². The summed E-state index contributed by atoms with van der Waals surface area (Å²) in [5, 5.41) is 0. The first kappa shape index (κ1) is 24.8. The van der Waals surface area contributed by atoms with E-state index >= 15 is 0 Å². The molecule has 5 heteroatoms. The van der Waals surface area contributed by atoms with Crippen LogP contribution < -0.4 is 0 Å². The maximum Gasteiger partial charge on any atom is 0.0701 e. The second kappa shape index (κ2) is 23.8. The van der Waals surface area contributed by atoms with E-state index in [1.165, 1.54) is 44.9 Å². The topological polar surface area (TPSA) is 46.2 Å². The van der Waals surface area contributed by atoms with Gasteiger partial charge in [0.15, 0.2) is 0 Å². The number of ether oxygens (including phenoxy) is 5. The number of hydrogen-bond acceptors (Lipinski definition) is 5. The number of rotatable bonds is 22. The van der Waals surface area contributed by atoms with Crippen molar-refractivity contribution in [3.8, 4) is 0 Å². The third-order valence-corrected chi connectivity index (χ3v) is 3.73. The average molecular weight is 363 g/mol. The average Bonchev–Trinajstić information content (AvgIpc) is 2.63. The molecule has 0 radical (unpaired) electrons. The first-order valence-corrected chi connectivity index (χ1v) is 10.3. The molecule has 0 amide bonds. The van der Waals surface area contributed by atoms with E-state index in [0.717, 1.165) is 19.6 Å². The third-order valence-electron chi connectivity index (χ3n) is 3.73. The third kappa shape index (κ3) is 23.8. The Balaban J connectivity index is 2.94. The Morgan fingerprint density at radius 1 is 0.320 bits per heavy atom. The van der Waals surface area contributed by atoms with E-state index in [0.29, 0.717) is 52.9 Å². The minimum Gasteiger partial charge on any atom is -0.379 e. The van der Waals surface area contributed by atoms with Gasteiger partial charge in [-0.25, -0.2) is 0 Å². The van der Waals surface area contributed by atoms with Crippen molar-refractivity contribution in [3.63, 3.8) is 0 Å². The summed E-state index contributed by atoms with van der Waals surface area (Å²) in [6.07, 6.45) is 10.3. The standard InChI is InChI=1S/C20H42O5/c1-3-5-6-7-8-9-10-12-22-14-16-24-18-20-25-19-17-23-15-13-21-11-4-2/h3-20H2,1-2H3. The maximum atomic E-state index is 5.56. The fourth-order valence-corrected chi connectivity index (χ4v) is 2.29. The van der Waals surface area contributed by atoms with Crippen molar-refractivity contribution in [2.24, 2.45) is 0 Å². The summed E-state index contributed by atoms with van der Waals surface area (Å²) in [7, 11) is 0. The van der Waals surface area contributed by atoms with Crippen molar-refractivity contribution in [2.75, 3.05) is 66.1 Å². The zero-order valence-electron chi connectivity index (χ0n) is 16.8. The van der Waals surface area contributed by atoms with Crippen LogP contribution in [0, 0.1) is 0 Å². The minimum atomic E-state index is 0.603. The normalized spacial score (nSPS) is 11.3. The molecule has 0 N–H and O–H groups in total. The van der Waals surface area contributed by atoms with Crippen LogP contribution in [-0.2, 0) is 23.7 Å². The lowest BCUT2D eigenvalue weighted by Gasteiger charge is -2.08. The van der Waals surface area contributed by atoms with Gasteiger partial charge in [0.1, 0.15) is 0 Å². The van der Waals surface area contributed by atoms with Gasteiger partial charge in [0.2, 0.25) is 0 Å². The van der Waals surface area contributed by atoms with Crippen LogP contribution in [0.15, 0.2) is 0 Å². The highest BCUT2D eigenvalue weighted by molar-refractivity contribution is 4.45. The Labute approximate surface area is 155 Å². The number of unbranched alkanes of at least 4 members (excludes halogenated alkanes) is 6. The highest BCUT2D eigenvalue weighted by Gasteiger charge is 1.94. The van der Waals surface area contributed by atoms with Crippen LogP contribution >= 0.6 is 0 Å². The van der Waals surface area contributed by atoms with E-state index in [9.17, 15) is 0 Å². The molecule has 0 bridgehead atoms. The van der Waals surface area contributed by atoms with Crippen molar-refractivity contribution in [1.82, 2.24) is 0 Å². The molecule has 0 aliphatic heterocycles. The van der Waals surface area contributed by atoms with Gasteiger partial charge in [-0.2, -0.15) is 0 Å². The van der Waals surface area contributed by atoms with Crippen LogP contribution in [-0.4, -0.2) is 66.1 Å². The zero-order valence-corrected chi connectivity index (χ0v) is 16.8. The van der Waals surface area contributed by atoms with Crippen molar-refractivity contribution < 1.29 is 23.7 Å². The Kier molecular flexibility index (Phi) is 23.6. The highest BCUT2D eigenvalue weighted by Crippen LogP contribution is 2.06. The van der Waals surface area contributed by atoms with Crippen molar-refractivity contribution >= 4 is 0 Å². The molecule has 0 atom stereocenters. The van der Waals surface area contributed by atoms with Crippen molar-refractivity contribution in [3.05, 3.63) is 0 Å². The fraction of sp³-hybridized carbons (Fsp3) is 1.00. The molecular weight excluding hydrogens is 320 g/mol. The number of hydrogen-bond donors (Lipinski definition) is 0. The molecule has 0 spiro atoms. The van der Waals surface area contributed by atoms with Gasteiger partial charge in [-0.3, -0.25) is 0 Å². The van der Waals surface area contributed by atoms with Crippen LogP contribution in [0.3, 0.4) is 0 Å². The van der Waals surface area contributed by atoms with Gasteiger partial charge in [-0.05, 0) is 12.8 Å². The van der Waals surface area contributed by atoms with Crippen LogP contribution in [0.5, 0.6) is 0 Å². The van der Waals surface area contributed by atoms with Crippen LogP contribution in [0.4, 0.5) is 0 Å². The molecule has 0 saturated carbocycles. The minimum absolute atomic E-state index is 0.603. The molecule has 0 heterocycles. The highest BCUT2D eigenvalue weighted by atomic mass is 16.6. The van der Waals surface area contributed by atoms with Gasteiger partial charge >= 0.3 is 0 Å². The zero-order chi connectivity index (χ0) is 18.3. The van der Waals surface area contributed by atoms with Gasteiger partial charge in [0.25, 0.3) is 0 Å². The first-order valence-electron chi connectivity index (χ1n) is 10.3. The smallest absolute Gasteiger partial charge is 0.0701 e. The fourth-order valence-electron chi connectivity index (χ4n) is 2.29. The molecule has 5 nitrogen and oxygen atoms in total. The lowest BCUT2D eigenvalue weighted by molar-refractivity contribution is -0.0111. The molecule has 0 aromatic carbocycles. The summed E-state index contributed by atoms with van der Waals surface area (Å²) in [5.41, 5.74) is 0. The Bertz CT molecular complexity index is 204. The monoisotopic (exact) mass is 362 g/mol. The van der Waals surface area contributed by atoms with E-state index in [2.05, 4.69) is 13.8 Å². The van der Waals surface area contributed by atoms with Gasteiger partial charge in [0, 0.05) is 13.2 Å². The Morgan fingerprint density at radius 2 is 0.680 bits per heavy atom. The van der Waals surface area contributed by atoms with E-state index in [4.69, 9.17) is 23.7 Å². The SMILES string of the molecule is CCCCCCCCCOCCOCCOCCOCCOCCC. The molecule has 0 rings (SSSR count). The lowest BCUT2D eigenvalue weighted by atomic mass is 10.1. The molecule has 0 aromatic heterocycles. The van der Waals surface area contributed by atoms with E-state index in [-0.39, 0.29) is 0 Å². The summed E-state index contributed by atoms with van der Waals surface area (Å²) in [6, 6.07) is 0. The summed E-state index contributed by atoms with van der Waals surface area (Å²) < 4.78 is 27.2. The van der Waals surface area contributed by atoms with E-state index < -0.39 is 0 Å². The van der Waals surface area contributed by atoms with Gasteiger partial charge < -0.3 is 23.7 Å². The van der Waals surface area contributed by atoms with E-state index in [1.807, 2.05) is 0 Å². The largest absolute Gasteiger partial charge is 0.379 e. The summed E-state index contributed by atoms with van der Waals surface area (Å²) >= 11 is 0. The quantitative estimate of drug-likeness (QED) is 0.270. The predicted molar refractivity (Wildman–Crippen MR) is 102 cm³/mol. The Hall–Kier alpha value is -0.200. The molecule has 152 valence electrons. The van der Waals surface area contributed by atoms with Crippen LogP contribution in [0.2, 0.25) is 0 Å².